The van der Waals surface area contributed by atoms with Gasteiger partial charge in [-0.15, -0.1) is 0 Å². The highest BCUT2D eigenvalue weighted by Gasteiger charge is 2.35. The van der Waals surface area contributed by atoms with E-state index in [1.54, 1.807) is 30.8 Å². The number of hydrogen-bond donors (Lipinski definition) is 1. The first-order valence-electron chi connectivity index (χ1n) is 7.79. The Labute approximate surface area is 143 Å². The molecule has 7 heteroatoms. The minimum absolute atomic E-state index is 0.0508. The molecule has 0 aliphatic carbocycles. The first-order valence-corrected chi connectivity index (χ1v) is 8.94. The van der Waals surface area contributed by atoms with Crippen LogP contribution in [0.2, 0.25) is 0 Å². The number of amides is 1. The Morgan fingerprint density at radius 3 is 2.96 bits per heavy atom. The second-order valence-electron chi connectivity index (χ2n) is 5.44. The summed E-state index contributed by atoms with van der Waals surface area (Å²) < 4.78 is 5.07. The number of fused-ring (bicyclic) bond motifs is 1. The van der Waals surface area contributed by atoms with Crippen LogP contribution in [0.15, 0.2) is 35.1 Å². The second kappa shape index (κ2) is 7.09. The van der Waals surface area contributed by atoms with Gasteiger partial charge < -0.3 is 14.6 Å². The Morgan fingerprint density at radius 2 is 2.17 bits per heavy atom. The summed E-state index contributed by atoms with van der Waals surface area (Å²) in [4.78, 5) is 41.5. The molecule has 1 aliphatic heterocycles. The standard InChI is InChI=1S/C17H18N2O4S/c1-2-23-17(22)14-10-24-8-7-19(14)16(21)12-9-11-5-3-4-6-13(11)18-15(12)20/h3-6,9,14H,2,7-8,10H2,1H3,(H,18,20)/t14-/m1/s1. The van der Waals surface area contributed by atoms with E-state index in [4.69, 9.17) is 4.74 Å². The fraction of sp³-hybridized carbons (Fsp3) is 0.353. The van der Waals surface area contributed by atoms with Gasteiger partial charge in [-0.05, 0) is 24.4 Å². The molecule has 1 aromatic carbocycles. The van der Waals surface area contributed by atoms with E-state index < -0.39 is 23.5 Å². The molecule has 1 fully saturated rings. The normalized spacial score (nSPS) is 17.7. The number of carbonyl (C=O) groups is 2. The number of rotatable bonds is 3. The number of aromatic amines is 1. The summed E-state index contributed by atoms with van der Waals surface area (Å²) in [5.74, 6) is 0.360. The summed E-state index contributed by atoms with van der Waals surface area (Å²) in [6.45, 7) is 2.41. The van der Waals surface area contributed by atoms with E-state index in [1.165, 1.54) is 4.90 Å². The molecule has 1 N–H and O–H groups in total. The molecule has 1 atom stereocenters. The van der Waals surface area contributed by atoms with Crippen molar-refractivity contribution in [1.82, 2.24) is 9.88 Å². The molecule has 0 radical (unpaired) electrons. The van der Waals surface area contributed by atoms with E-state index in [-0.39, 0.29) is 12.2 Å². The molecule has 1 saturated heterocycles. The largest absolute Gasteiger partial charge is 0.464 e. The zero-order valence-electron chi connectivity index (χ0n) is 13.3. The fourth-order valence-electron chi connectivity index (χ4n) is 2.74. The van der Waals surface area contributed by atoms with Gasteiger partial charge in [0.2, 0.25) is 0 Å². The predicted molar refractivity (Wildman–Crippen MR) is 93.4 cm³/mol. The topological polar surface area (TPSA) is 79.5 Å². The van der Waals surface area contributed by atoms with Crippen LogP contribution in [0.1, 0.15) is 17.3 Å². The van der Waals surface area contributed by atoms with Crippen LogP contribution in [0, 0.1) is 0 Å². The molecule has 1 aromatic heterocycles. The molecule has 126 valence electrons. The van der Waals surface area contributed by atoms with E-state index in [2.05, 4.69) is 4.98 Å². The molecule has 2 heterocycles. The van der Waals surface area contributed by atoms with Crippen molar-refractivity contribution in [2.75, 3.05) is 24.7 Å². The van der Waals surface area contributed by atoms with Crippen LogP contribution in [-0.4, -0.2) is 52.5 Å². The quantitative estimate of drug-likeness (QED) is 0.855. The summed E-state index contributed by atoms with van der Waals surface area (Å²) in [6.07, 6.45) is 0. The molecule has 24 heavy (non-hydrogen) atoms. The SMILES string of the molecule is CCOC(=O)[C@H]1CSCCN1C(=O)c1cc2ccccc2[nH]c1=O. The number of esters is 1. The van der Waals surface area contributed by atoms with E-state index in [0.717, 1.165) is 11.1 Å². The van der Waals surface area contributed by atoms with Gasteiger partial charge in [0, 0.05) is 23.6 Å². The van der Waals surface area contributed by atoms with Gasteiger partial charge in [0.15, 0.2) is 0 Å². The first kappa shape index (κ1) is 16.6. The summed E-state index contributed by atoms with van der Waals surface area (Å²) in [5.41, 5.74) is 0.282. The molecular weight excluding hydrogens is 328 g/mol. The second-order valence-corrected chi connectivity index (χ2v) is 6.59. The molecule has 0 spiro atoms. The number of ether oxygens (including phenoxy) is 1. The van der Waals surface area contributed by atoms with E-state index in [0.29, 0.717) is 17.8 Å². The van der Waals surface area contributed by atoms with Gasteiger partial charge in [-0.25, -0.2) is 4.79 Å². The van der Waals surface area contributed by atoms with Crippen molar-refractivity contribution in [3.63, 3.8) is 0 Å². The summed E-state index contributed by atoms with van der Waals surface area (Å²) in [5, 5.41) is 0.777. The van der Waals surface area contributed by atoms with Crippen molar-refractivity contribution in [2.24, 2.45) is 0 Å². The lowest BCUT2D eigenvalue weighted by atomic mass is 10.1. The summed E-state index contributed by atoms with van der Waals surface area (Å²) >= 11 is 1.60. The van der Waals surface area contributed by atoms with Crippen molar-refractivity contribution in [3.05, 3.63) is 46.2 Å². The average molecular weight is 346 g/mol. The van der Waals surface area contributed by atoms with Gasteiger partial charge in [0.25, 0.3) is 11.5 Å². The highest BCUT2D eigenvalue weighted by molar-refractivity contribution is 7.99. The smallest absolute Gasteiger partial charge is 0.329 e. The molecule has 1 aliphatic rings. The lowest BCUT2D eigenvalue weighted by molar-refractivity contribution is -0.147. The molecule has 0 bridgehead atoms. The van der Waals surface area contributed by atoms with Crippen LogP contribution in [-0.2, 0) is 9.53 Å². The van der Waals surface area contributed by atoms with Gasteiger partial charge in [0.05, 0.1) is 6.61 Å². The third-order valence-electron chi connectivity index (χ3n) is 3.93. The molecule has 0 saturated carbocycles. The number of para-hydroxylation sites is 1. The van der Waals surface area contributed by atoms with E-state index in [9.17, 15) is 14.4 Å². The van der Waals surface area contributed by atoms with E-state index >= 15 is 0 Å². The molecular formula is C17H18N2O4S. The third-order valence-corrected chi connectivity index (χ3v) is 4.95. The number of H-pyrrole nitrogens is 1. The van der Waals surface area contributed by atoms with Gasteiger partial charge in [-0.1, -0.05) is 18.2 Å². The van der Waals surface area contributed by atoms with Crippen LogP contribution >= 0.6 is 11.8 Å². The van der Waals surface area contributed by atoms with Crippen LogP contribution < -0.4 is 5.56 Å². The Kier molecular flexibility index (Phi) is 4.89. The molecule has 1 amide bonds. The molecule has 0 unspecified atom stereocenters. The minimum Gasteiger partial charge on any atom is -0.464 e. The number of thioether (sulfide) groups is 1. The van der Waals surface area contributed by atoms with Crippen molar-refractivity contribution in [3.8, 4) is 0 Å². The minimum atomic E-state index is -0.651. The lowest BCUT2D eigenvalue weighted by Crippen LogP contribution is -2.51. The number of hydrogen-bond acceptors (Lipinski definition) is 5. The zero-order valence-corrected chi connectivity index (χ0v) is 14.1. The number of carbonyl (C=O) groups excluding carboxylic acids is 2. The maximum absolute atomic E-state index is 12.9. The van der Waals surface area contributed by atoms with Crippen LogP contribution in [0.3, 0.4) is 0 Å². The maximum atomic E-state index is 12.9. The van der Waals surface area contributed by atoms with E-state index in [1.807, 2.05) is 18.2 Å². The van der Waals surface area contributed by atoms with Gasteiger partial charge in [-0.3, -0.25) is 9.59 Å². The lowest BCUT2D eigenvalue weighted by Gasteiger charge is -2.33. The van der Waals surface area contributed by atoms with Crippen molar-refractivity contribution in [1.29, 1.82) is 0 Å². The average Bonchev–Trinajstić information content (AvgIpc) is 2.60. The predicted octanol–water partition coefficient (Wildman–Crippen LogP) is 1.65. The van der Waals surface area contributed by atoms with Gasteiger partial charge in [0.1, 0.15) is 11.6 Å². The number of pyridine rings is 1. The maximum Gasteiger partial charge on any atom is 0.329 e. The van der Waals surface area contributed by atoms with Crippen LogP contribution in [0.5, 0.6) is 0 Å². The first-order chi connectivity index (χ1) is 11.6. The molecule has 3 rings (SSSR count). The fourth-order valence-corrected chi connectivity index (χ4v) is 3.77. The van der Waals surface area contributed by atoms with Crippen molar-refractivity contribution < 1.29 is 14.3 Å². The van der Waals surface area contributed by atoms with Crippen LogP contribution in [0.4, 0.5) is 0 Å². The summed E-state index contributed by atoms with van der Waals surface area (Å²) in [6, 6.07) is 8.20. The number of benzene rings is 1. The van der Waals surface area contributed by atoms with Crippen molar-refractivity contribution >= 4 is 34.5 Å². The summed E-state index contributed by atoms with van der Waals surface area (Å²) in [7, 11) is 0. The zero-order chi connectivity index (χ0) is 17.1. The third kappa shape index (κ3) is 3.17. The van der Waals surface area contributed by atoms with Crippen LogP contribution in [0.25, 0.3) is 10.9 Å². The Hall–Kier alpha value is -2.28. The van der Waals surface area contributed by atoms with Gasteiger partial charge >= 0.3 is 5.97 Å². The highest BCUT2D eigenvalue weighted by atomic mass is 32.2. The molecule has 2 aromatic rings. The van der Waals surface area contributed by atoms with Gasteiger partial charge in [-0.2, -0.15) is 11.8 Å². The number of aromatic nitrogens is 1. The number of nitrogens with one attached hydrogen (secondary N) is 1. The Bertz CT molecular complexity index is 833. The van der Waals surface area contributed by atoms with Crippen molar-refractivity contribution in [2.45, 2.75) is 13.0 Å². The highest BCUT2D eigenvalue weighted by Crippen LogP contribution is 2.20. The monoisotopic (exact) mass is 346 g/mol. The Morgan fingerprint density at radius 1 is 1.38 bits per heavy atom. The number of nitrogens with zero attached hydrogens (tertiary/aromatic N) is 1. The Balaban J connectivity index is 1.96. The molecule has 6 nitrogen and oxygen atoms in total.